The van der Waals surface area contributed by atoms with E-state index in [1.165, 1.54) is 23.5 Å². The van der Waals surface area contributed by atoms with Crippen molar-refractivity contribution in [1.82, 2.24) is 10.3 Å². The van der Waals surface area contributed by atoms with Crippen LogP contribution in [0.1, 0.15) is 45.3 Å². The summed E-state index contributed by atoms with van der Waals surface area (Å²) in [4.78, 5) is 18.0. The van der Waals surface area contributed by atoms with Crippen molar-refractivity contribution in [2.24, 2.45) is 0 Å². The molecule has 124 valence electrons. The fraction of sp³-hybridized carbons (Fsp3) is 0.375. The summed E-state index contributed by atoms with van der Waals surface area (Å²) in [6.45, 7) is 2.83. The van der Waals surface area contributed by atoms with Gasteiger partial charge in [-0.25, -0.2) is 4.98 Å². The zero-order valence-corrected chi connectivity index (χ0v) is 13.9. The summed E-state index contributed by atoms with van der Waals surface area (Å²) < 4.78 is 29.3. The first-order valence-electron chi connectivity index (χ1n) is 7.21. The molecule has 0 radical (unpaired) electrons. The smallest absolute Gasteiger partial charge is 0.387 e. The zero-order valence-electron chi connectivity index (χ0n) is 13.1. The fourth-order valence-corrected chi connectivity index (χ4v) is 3.13. The van der Waals surface area contributed by atoms with Gasteiger partial charge in [0.05, 0.1) is 17.3 Å². The van der Waals surface area contributed by atoms with Crippen molar-refractivity contribution >= 4 is 17.2 Å². The largest absolute Gasteiger partial charge is 0.434 e. The Balaban J connectivity index is 2.20. The lowest BCUT2D eigenvalue weighted by Gasteiger charge is -2.16. The first kappa shape index (κ1) is 17.3. The van der Waals surface area contributed by atoms with Crippen LogP contribution in [0.2, 0.25) is 0 Å². The van der Waals surface area contributed by atoms with Gasteiger partial charge in [0.25, 0.3) is 5.91 Å². The number of alkyl halides is 2. The topological polar surface area (TPSA) is 51.2 Å². The molecule has 7 heteroatoms. The third kappa shape index (κ3) is 4.25. The summed E-state index contributed by atoms with van der Waals surface area (Å²) in [7, 11) is 0. The van der Waals surface area contributed by atoms with Crippen molar-refractivity contribution < 1.29 is 18.3 Å². The Labute approximate surface area is 137 Å². The van der Waals surface area contributed by atoms with Gasteiger partial charge in [-0.15, -0.1) is 11.3 Å². The molecule has 1 N–H and O–H groups in total. The monoisotopic (exact) mass is 340 g/mol. The summed E-state index contributed by atoms with van der Waals surface area (Å²) in [5.41, 5.74) is 1.01. The number of aryl methyl sites for hydroxylation is 2. The molecule has 1 aromatic carbocycles. The molecule has 23 heavy (non-hydrogen) atoms. The second-order valence-corrected chi connectivity index (χ2v) is 6.24. The van der Waals surface area contributed by atoms with E-state index in [0.29, 0.717) is 6.42 Å². The molecule has 4 nitrogen and oxygen atoms in total. The van der Waals surface area contributed by atoms with Crippen LogP contribution in [0.5, 0.6) is 5.75 Å². The number of ether oxygens (including phenoxy) is 1. The van der Waals surface area contributed by atoms with E-state index in [-0.39, 0.29) is 17.4 Å². The number of rotatable bonds is 6. The number of hydrogen-bond donors (Lipinski definition) is 1. The van der Waals surface area contributed by atoms with E-state index in [1.54, 1.807) is 12.1 Å². The predicted octanol–water partition coefficient (Wildman–Crippen LogP) is 4.24. The molecule has 1 atom stereocenters. The molecule has 0 aliphatic rings. The average molecular weight is 340 g/mol. The second kappa shape index (κ2) is 7.50. The van der Waals surface area contributed by atoms with Crippen molar-refractivity contribution in [3.8, 4) is 5.75 Å². The molecule has 2 rings (SSSR count). The van der Waals surface area contributed by atoms with Gasteiger partial charge in [-0.05, 0) is 32.4 Å². The van der Waals surface area contributed by atoms with Gasteiger partial charge in [0.15, 0.2) is 0 Å². The number of nitrogens with one attached hydrogen (secondary N) is 1. The van der Waals surface area contributed by atoms with Crippen molar-refractivity contribution in [3.05, 3.63) is 45.4 Å². The highest BCUT2D eigenvalue weighted by atomic mass is 32.1. The molecular formula is C16H18F2N2O2S. The zero-order chi connectivity index (χ0) is 17.0. The Hall–Kier alpha value is -2.02. The van der Waals surface area contributed by atoms with Gasteiger partial charge in [0.2, 0.25) is 0 Å². The number of nitrogens with zero attached hydrogens (tertiary/aromatic N) is 1. The maximum Gasteiger partial charge on any atom is 0.387 e. The fourth-order valence-electron chi connectivity index (χ4n) is 2.07. The minimum absolute atomic E-state index is 0.0799. The molecule has 0 saturated heterocycles. The van der Waals surface area contributed by atoms with Crippen molar-refractivity contribution in [2.75, 3.05) is 0 Å². The lowest BCUT2D eigenvalue weighted by molar-refractivity contribution is -0.0501. The lowest BCUT2D eigenvalue weighted by Crippen LogP contribution is -2.28. The number of carbonyl (C=O) groups is 1. The number of thiazole rings is 1. The summed E-state index contributed by atoms with van der Waals surface area (Å²) in [5, 5.41) is 3.65. The van der Waals surface area contributed by atoms with Gasteiger partial charge in [-0.1, -0.05) is 19.1 Å². The summed E-state index contributed by atoms with van der Waals surface area (Å²) in [6, 6.07) is 5.68. The van der Waals surface area contributed by atoms with Crippen LogP contribution in [0.3, 0.4) is 0 Å². The van der Waals surface area contributed by atoms with Gasteiger partial charge in [-0.3, -0.25) is 4.79 Å². The number of halogens is 2. The van der Waals surface area contributed by atoms with Gasteiger partial charge < -0.3 is 10.1 Å². The Morgan fingerprint density at radius 2 is 2.04 bits per heavy atom. The number of hydrogen-bond acceptors (Lipinski definition) is 4. The molecular weight excluding hydrogens is 322 g/mol. The summed E-state index contributed by atoms with van der Waals surface area (Å²) in [6.07, 6.45) is 0.649. The van der Waals surface area contributed by atoms with E-state index in [9.17, 15) is 13.6 Å². The highest BCUT2D eigenvalue weighted by Crippen LogP contribution is 2.26. The van der Waals surface area contributed by atoms with Gasteiger partial charge in [-0.2, -0.15) is 8.78 Å². The minimum atomic E-state index is -2.98. The molecule has 2 aromatic rings. The average Bonchev–Trinajstić information content (AvgIpc) is 2.84. The standard InChI is InChI=1S/C16H18F2N2O2S/c1-4-12(15-19-9(2)10(3)23-15)20-14(21)11-7-5-6-8-13(11)22-16(17)18/h5-8,12,16H,4H2,1-3H3,(H,20,21)/t12-/m0/s1. The van der Waals surface area contributed by atoms with Crippen LogP contribution in [0, 0.1) is 13.8 Å². The second-order valence-electron chi connectivity index (χ2n) is 5.00. The normalized spacial score (nSPS) is 12.3. The molecule has 0 spiro atoms. The van der Waals surface area contributed by atoms with Crippen LogP contribution in [-0.4, -0.2) is 17.5 Å². The molecule has 0 fully saturated rings. The SMILES string of the molecule is CC[C@H](NC(=O)c1ccccc1OC(F)F)c1nc(C)c(C)s1. The maximum atomic E-state index is 12.4. The molecule has 1 amide bonds. The van der Waals surface area contributed by atoms with Gasteiger partial charge >= 0.3 is 6.61 Å². The summed E-state index contributed by atoms with van der Waals surface area (Å²) in [5.74, 6) is -0.597. The lowest BCUT2D eigenvalue weighted by atomic mass is 10.1. The van der Waals surface area contributed by atoms with Gasteiger partial charge in [0, 0.05) is 4.88 Å². The highest BCUT2D eigenvalue weighted by molar-refractivity contribution is 7.11. The molecule has 1 aromatic heterocycles. The van der Waals surface area contributed by atoms with Crippen LogP contribution < -0.4 is 10.1 Å². The van der Waals surface area contributed by atoms with E-state index < -0.39 is 12.5 Å². The highest BCUT2D eigenvalue weighted by Gasteiger charge is 2.21. The van der Waals surface area contributed by atoms with E-state index in [0.717, 1.165) is 15.6 Å². The first-order valence-corrected chi connectivity index (χ1v) is 8.02. The van der Waals surface area contributed by atoms with Crippen LogP contribution in [-0.2, 0) is 0 Å². The molecule has 0 saturated carbocycles. The molecule has 0 bridgehead atoms. The third-order valence-electron chi connectivity index (χ3n) is 3.40. The van der Waals surface area contributed by atoms with Gasteiger partial charge in [0.1, 0.15) is 10.8 Å². The van der Waals surface area contributed by atoms with Crippen LogP contribution in [0.15, 0.2) is 24.3 Å². The number of aromatic nitrogens is 1. The molecule has 1 heterocycles. The number of carbonyl (C=O) groups excluding carboxylic acids is 1. The van der Waals surface area contributed by atoms with Crippen LogP contribution in [0.25, 0.3) is 0 Å². The number of para-hydroxylation sites is 1. The minimum Gasteiger partial charge on any atom is -0.434 e. The molecule has 0 aliphatic carbocycles. The van der Waals surface area contributed by atoms with E-state index in [2.05, 4.69) is 15.0 Å². The molecule has 0 unspecified atom stereocenters. The Kier molecular flexibility index (Phi) is 5.65. The number of amides is 1. The molecule has 0 aliphatic heterocycles. The Morgan fingerprint density at radius 1 is 1.35 bits per heavy atom. The number of benzene rings is 1. The predicted molar refractivity (Wildman–Crippen MR) is 85.2 cm³/mol. The summed E-state index contributed by atoms with van der Waals surface area (Å²) >= 11 is 1.52. The maximum absolute atomic E-state index is 12.4. The third-order valence-corrected chi connectivity index (χ3v) is 4.59. The Morgan fingerprint density at radius 3 is 2.61 bits per heavy atom. The van der Waals surface area contributed by atoms with E-state index in [1.807, 2.05) is 20.8 Å². The quantitative estimate of drug-likeness (QED) is 0.855. The van der Waals surface area contributed by atoms with Crippen LogP contribution in [0.4, 0.5) is 8.78 Å². The first-order chi connectivity index (χ1) is 10.9. The van der Waals surface area contributed by atoms with Crippen molar-refractivity contribution in [3.63, 3.8) is 0 Å². The van der Waals surface area contributed by atoms with E-state index >= 15 is 0 Å². The van der Waals surface area contributed by atoms with Crippen molar-refractivity contribution in [1.29, 1.82) is 0 Å². The van der Waals surface area contributed by atoms with Crippen LogP contribution >= 0.6 is 11.3 Å². The Bertz CT molecular complexity index is 669. The van der Waals surface area contributed by atoms with E-state index in [4.69, 9.17) is 0 Å². The van der Waals surface area contributed by atoms with Crippen molar-refractivity contribution in [2.45, 2.75) is 39.8 Å².